The maximum Gasteiger partial charge on any atom is 0.119 e. The van der Waals surface area contributed by atoms with Crippen LogP contribution in [0.2, 0.25) is 0 Å². The van der Waals surface area contributed by atoms with E-state index in [1.54, 1.807) is 19.2 Å². The number of nitrogens with zero attached hydrogens (tertiary/aromatic N) is 1. The lowest BCUT2D eigenvalue weighted by Crippen LogP contribution is -2.42. The minimum Gasteiger partial charge on any atom is -0.761 e. The number of hydrogen-bond acceptors (Lipinski definition) is 5. The molecule has 0 bridgehead atoms. The molecule has 140 valence electrons. The predicted molar refractivity (Wildman–Crippen MR) is 106 cm³/mol. The molecule has 1 heterocycles. The third-order valence-corrected chi connectivity index (χ3v) is 5.09. The number of anilines is 1. The lowest BCUT2D eigenvalue weighted by molar-refractivity contribution is 0.191. The number of likely N-dealkylation sites (tertiary alicyclic amines) is 1. The highest BCUT2D eigenvalue weighted by Gasteiger charge is 2.18. The SMILES string of the molecule is COc1ccc(N[O-])c(CCNC2CCN(Cc3ccccc3)CC2)c1. The summed E-state index contributed by atoms with van der Waals surface area (Å²) in [7, 11) is 1.64. The van der Waals surface area contributed by atoms with Crippen LogP contribution in [0.5, 0.6) is 5.75 Å². The van der Waals surface area contributed by atoms with E-state index in [1.165, 1.54) is 5.56 Å². The van der Waals surface area contributed by atoms with E-state index >= 15 is 0 Å². The summed E-state index contributed by atoms with van der Waals surface area (Å²) in [5.74, 6) is 0.785. The molecule has 5 nitrogen and oxygen atoms in total. The number of ether oxygens (including phenoxy) is 1. The first kappa shape index (κ1) is 18.7. The van der Waals surface area contributed by atoms with Crippen molar-refractivity contribution in [3.8, 4) is 5.75 Å². The van der Waals surface area contributed by atoms with Gasteiger partial charge in [0.05, 0.1) is 7.11 Å². The summed E-state index contributed by atoms with van der Waals surface area (Å²) in [4.78, 5) is 2.52. The Balaban J connectivity index is 1.41. The number of piperidine rings is 1. The van der Waals surface area contributed by atoms with E-state index in [-0.39, 0.29) is 0 Å². The van der Waals surface area contributed by atoms with Gasteiger partial charge >= 0.3 is 0 Å². The van der Waals surface area contributed by atoms with Crippen molar-refractivity contribution in [3.63, 3.8) is 0 Å². The third-order valence-electron chi connectivity index (χ3n) is 5.09. The molecule has 0 spiro atoms. The molecule has 26 heavy (non-hydrogen) atoms. The molecule has 2 N–H and O–H groups in total. The molecule has 3 rings (SSSR count). The van der Waals surface area contributed by atoms with Gasteiger partial charge in [0.15, 0.2) is 0 Å². The highest BCUT2D eigenvalue weighted by molar-refractivity contribution is 5.54. The molecule has 2 aromatic carbocycles. The number of nitrogens with one attached hydrogen (secondary N) is 2. The maximum atomic E-state index is 11.1. The van der Waals surface area contributed by atoms with E-state index in [1.807, 2.05) is 11.5 Å². The van der Waals surface area contributed by atoms with Crippen LogP contribution in [-0.4, -0.2) is 37.7 Å². The summed E-state index contributed by atoms with van der Waals surface area (Å²) in [5.41, 5.74) is 5.03. The van der Waals surface area contributed by atoms with E-state index in [4.69, 9.17) is 4.74 Å². The number of hydrogen-bond donors (Lipinski definition) is 2. The minimum absolute atomic E-state index is 0.552. The van der Waals surface area contributed by atoms with Crippen molar-refractivity contribution in [1.29, 1.82) is 0 Å². The van der Waals surface area contributed by atoms with Crippen LogP contribution in [0.1, 0.15) is 24.0 Å². The van der Waals surface area contributed by atoms with Gasteiger partial charge in [-0.15, -0.1) is 0 Å². The van der Waals surface area contributed by atoms with Gasteiger partial charge in [-0.3, -0.25) is 4.90 Å². The average Bonchev–Trinajstić information content (AvgIpc) is 2.70. The Hall–Kier alpha value is -2.08. The molecule has 0 saturated carbocycles. The van der Waals surface area contributed by atoms with Crippen LogP contribution >= 0.6 is 0 Å². The summed E-state index contributed by atoms with van der Waals surface area (Å²) in [6.07, 6.45) is 3.14. The first-order valence-electron chi connectivity index (χ1n) is 9.33. The molecule has 0 radical (unpaired) electrons. The van der Waals surface area contributed by atoms with Crippen LogP contribution in [0.3, 0.4) is 0 Å². The third kappa shape index (κ3) is 5.21. The lowest BCUT2D eigenvalue weighted by atomic mass is 10.0. The molecule has 0 amide bonds. The second kappa shape index (κ2) is 9.57. The van der Waals surface area contributed by atoms with E-state index in [0.29, 0.717) is 11.7 Å². The minimum atomic E-state index is 0.552. The molecule has 1 fully saturated rings. The summed E-state index contributed by atoms with van der Waals surface area (Å²) in [6.45, 7) is 4.15. The highest BCUT2D eigenvalue weighted by atomic mass is 16.5. The van der Waals surface area contributed by atoms with Gasteiger partial charge in [0.25, 0.3) is 0 Å². The predicted octanol–water partition coefficient (Wildman–Crippen LogP) is 3.40. The molecule has 0 atom stereocenters. The quantitative estimate of drug-likeness (QED) is 0.712. The molecule has 0 unspecified atom stereocenters. The maximum absolute atomic E-state index is 11.1. The van der Waals surface area contributed by atoms with Crippen molar-refractivity contribution < 1.29 is 4.74 Å². The summed E-state index contributed by atoms with van der Waals surface area (Å²) >= 11 is 0. The zero-order valence-corrected chi connectivity index (χ0v) is 15.4. The second-order valence-corrected chi connectivity index (χ2v) is 6.87. The lowest BCUT2D eigenvalue weighted by Gasteiger charge is -2.32. The standard InChI is InChI=1S/C21H28N3O2/c1-26-20-7-8-21(23-25)18(15-20)9-12-22-19-10-13-24(14-11-19)16-17-5-3-2-4-6-17/h2-8,15,19,22-23H,9-14,16H2,1H3/q-1. The Morgan fingerprint density at radius 1 is 1.12 bits per heavy atom. The normalized spacial score (nSPS) is 15.8. The van der Waals surface area contributed by atoms with Crippen LogP contribution < -0.4 is 15.5 Å². The monoisotopic (exact) mass is 354 g/mol. The first-order valence-corrected chi connectivity index (χ1v) is 9.33. The van der Waals surface area contributed by atoms with Crippen molar-refractivity contribution in [2.24, 2.45) is 0 Å². The van der Waals surface area contributed by atoms with Crippen LogP contribution in [0, 0.1) is 5.21 Å². The van der Waals surface area contributed by atoms with Gasteiger partial charge in [0.2, 0.25) is 0 Å². The number of methoxy groups -OCH3 is 1. The van der Waals surface area contributed by atoms with Crippen molar-refractivity contribution in [2.45, 2.75) is 31.8 Å². The smallest absolute Gasteiger partial charge is 0.119 e. The summed E-state index contributed by atoms with van der Waals surface area (Å²) < 4.78 is 5.26. The highest BCUT2D eigenvalue weighted by Crippen LogP contribution is 2.22. The van der Waals surface area contributed by atoms with Gasteiger partial charge in [-0.1, -0.05) is 30.3 Å². The first-order chi connectivity index (χ1) is 12.8. The van der Waals surface area contributed by atoms with Crippen molar-refractivity contribution in [3.05, 3.63) is 64.9 Å². The zero-order valence-electron chi connectivity index (χ0n) is 15.4. The summed E-state index contributed by atoms with van der Waals surface area (Å²) in [5, 5.41) is 14.7. The number of benzene rings is 2. The molecular formula is C21H28N3O2-. The number of rotatable bonds is 8. The fraction of sp³-hybridized carbons (Fsp3) is 0.429. The van der Waals surface area contributed by atoms with Gasteiger partial charge < -0.3 is 20.7 Å². The molecule has 0 aromatic heterocycles. The van der Waals surface area contributed by atoms with Gasteiger partial charge in [-0.25, -0.2) is 0 Å². The molecule has 5 heteroatoms. The van der Waals surface area contributed by atoms with E-state index in [9.17, 15) is 5.21 Å². The fourth-order valence-electron chi connectivity index (χ4n) is 3.55. The molecule has 0 aliphatic carbocycles. The van der Waals surface area contributed by atoms with Crippen LogP contribution in [0.15, 0.2) is 48.5 Å². The van der Waals surface area contributed by atoms with Crippen molar-refractivity contribution in [1.82, 2.24) is 10.2 Å². The molecule has 1 aliphatic rings. The molecule has 1 aliphatic heterocycles. The summed E-state index contributed by atoms with van der Waals surface area (Å²) in [6, 6.07) is 16.7. The zero-order chi connectivity index (χ0) is 18.2. The Labute approximate surface area is 155 Å². The molecular weight excluding hydrogens is 326 g/mol. The molecule has 2 aromatic rings. The van der Waals surface area contributed by atoms with Crippen LogP contribution in [-0.2, 0) is 13.0 Å². The van der Waals surface area contributed by atoms with Gasteiger partial charge in [0, 0.05) is 18.3 Å². The topological polar surface area (TPSA) is 59.6 Å². The van der Waals surface area contributed by atoms with Crippen LogP contribution in [0.4, 0.5) is 5.69 Å². The van der Waals surface area contributed by atoms with E-state index in [0.717, 1.165) is 56.8 Å². The Morgan fingerprint density at radius 3 is 2.58 bits per heavy atom. The Morgan fingerprint density at radius 2 is 1.88 bits per heavy atom. The Bertz CT molecular complexity index is 670. The van der Waals surface area contributed by atoms with Gasteiger partial charge in [-0.2, -0.15) is 0 Å². The molecule has 1 saturated heterocycles. The van der Waals surface area contributed by atoms with Crippen LogP contribution in [0.25, 0.3) is 0 Å². The second-order valence-electron chi connectivity index (χ2n) is 6.87. The Kier molecular flexibility index (Phi) is 6.89. The van der Waals surface area contributed by atoms with Crippen molar-refractivity contribution in [2.75, 3.05) is 32.2 Å². The van der Waals surface area contributed by atoms with Gasteiger partial charge in [0.1, 0.15) is 5.75 Å². The van der Waals surface area contributed by atoms with E-state index in [2.05, 4.69) is 40.5 Å². The van der Waals surface area contributed by atoms with Crippen molar-refractivity contribution >= 4 is 5.69 Å². The van der Waals surface area contributed by atoms with Gasteiger partial charge in [-0.05, 0) is 68.2 Å². The largest absolute Gasteiger partial charge is 0.761 e. The fourth-order valence-corrected chi connectivity index (χ4v) is 3.55. The average molecular weight is 354 g/mol. The van der Waals surface area contributed by atoms with E-state index < -0.39 is 0 Å².